The first-order chi connectivity index (χ1) is 7.54. The van der Waals surface area contributed by atoms with Gasteiger partial charge in [0.25, 0.3) is 0 Å². The topological polar surface area (TPSA) is 87.5 Å². The highest BCUT2D eigenvalue weighted by Gasteiger charge is 2.17. The molecule has 2 N–H and O–H groups in total. The highest BCUT2D eigenvalue weighted by Crippen LogP contribution is 2.23. The van der Waals surface area contributed by atoms with Crippen LogP contribution in [0, 0.1) is 0 Å². The number of pyridine rings is 1. The average Bonchev–Trinajstić information content (AvgIpc) is 2.26. The molecule has 1 aromatic rings. The van der Waals surface area contributed by atoms with E-state index in [9.17, 15) is 9.59 Å². The summed E-state index contributed by atoms with van der Waals surface area (Å²) in [4.78, 5) is 25.2. The van der Waals surface area contributed by atoms with Crippen LogP contribution in [0.1, 0.15) is 23.7 Å². The van der Waals surface area contributed by atoms with Crippen molar-refractivity contribution in [2.75, 3.05) is 0 Å². The number of hydrogen-bond acceptors (Lipinski definition) is 4. The number of rotatable bonds is 5. The van der Waals surface area contributed by atoms with Crippen molar-refractivity contribution in [1.82, 2.24) is 4.98 Å². The van der Waals surface area contributed by atoms with Gasteiger partial charge in [0.15, 0.2) is 0 Å². The van der Waals surface area contributed by atoms with Gasteiger partial charge in [-0.2, -0.15) is 0 Å². The van der Waals surface area contributed by atoms with Crippen LogP contribution in [-0.2, 0) is 4.79 Å². The third-order valence-corrected chi connectivity index (χ3v) is 3.19. The molecule has 86 valence electrons. The minimum atomic E-state index is -1.05. The van der Waals surface area contributed by atoms with Crippen LogP contribution in [0.15, 0.2) is 23.4 Å². The van der Waals surface area contributed by atoms with Gasteiger partial charge in [-0.3, -0.25) is 4.79 Å². The van der Waals surface area contributed by atoms with E-state index in [1.165, 1.54) is 18.3 Å². The Labute approximate surface area is 96.5 Å². The average molecular weight is 241 g/mol. The Morgan fingerprint density at radius 3 is 2.50 bits per heavy atom. The maximum Gasteiger partial charge on any atom is 0.337 e. The number of aromatic nitrogens is 1. The molecule has 0 aliphatic rings. The number of aromatic carboxylic acids is 1. The lowest BCUT2D eigenvalue weighted by atomic mass is 10.3. The summed E-state index contributed by atoms with van der Waals surface area (Å²) in [5.41, 5.74) is 0.0905. The monoisotopic (exact) mass is 241 g/mol. The molecule has 0 fully saturated rings. The van der Waals surface area contributed by atoms with E-state index in [0.29, 0.717) is 11.4 Å². The molecular weight excluding hydrogens is 230 g/mol. The maximum atomic E-state index is 10.8. The van der Waals surface area contributed by atoms with Gasteiger partial charge < -0.3 is 10.2 Å². The minimum Gasteiger partial charge on any atom is -0.480 e. The summed E-state index contributed by atoms with van der Waals surface area (Å²) >= 11 is 1.11. The fourth-order valence-corrected chi connectivity index (χ4v) is 1.85. The summed E-state index contributed by atoms with van der Waals surface area (Å²) in [5, 5.41) is 17.4. The Morgan fingerprint density at radius 2 is 2.12 bits per heavy atom. The molecule has 1 aromatic heterocycles. The van der Waals surface area contributed by atoms with Crippen molar-refractivity contribution in [3.63, 3.8) is 0 Å². The molecule has 1 rings (SSSR count). The van der Waals surface area contributed by atoms with Crippen LogP contribution in [0.3, 0.4) is 0 Å². The molecule has 0 amide bonds. The van der Waals surface area contributed by atoms with Gasteiger partial charge in [-0.1, -0.05) is 18.7 Å². The molecule has 0 aliphatic heterocycles. The van der Waals surface area contributed by atoms with Crippen molar-refractivity contribution >= 4 is 23.7 Å². The zero-order chi connectivity index (χ0) is 12.1. The molecule has 1 unspecified atom stereocenters. The fraction of sp³-hybridized carbons (Fsp3) is 0.300. The van der Waals surface area contributed by atoms with Gasteiger partial charge in [0.2, 0.25) is 0 Å². The molecular formula is C10H11NO4S. The molecule has 0 radical (unpaired) electrons. The van der Waals surface area contributed by atoms with Crippen molar-refractivity contribution in [3.8, 4) is 0 Å². The second-order valence-electron chi connectivity index (χ2n) is 3.04. The SMILES string of the molecule is CCC(Sc1ccc(C(=O)O)cn1)C(=O)O. The molecule has 1 atom stereocenters. The molecule has 0 spiro atoms. The van der Waals surface area contributed by atoms with E-state index in [0.717, 1.165) is 11.8 Å². The zero-order valence-electron chi connectivity index (χ0n) is 8.58. The lowest BCUT2D eigenvalue weighted by Crippen LogP contribution is -2.14. The van der Waals surface area contributed by atoms with Crippen molar-refractivity contribution in [1.29, 1.82) is 0 Å². The van der Waals surface area contributed by atoms with Crippen LogP contribution < -0.4 is 0 Å². The lowest BCUT2D eigenvalue weighted by Gasteiger charge is -2.08. The van der Waals surface area contributed by atoms with E-state index in [2.05, 4.69) is 4.98 Å². The molecule has 16 heavy (non-hydrogen) atoms. The first kappa shape index (κ1) is 12.5. The Kier molecular flexibility index (Phi) is 4.30. The molecule has 5 nitrogen and oxygen atoms in total. The number of carboxylic acid groups (broad SMARTS) is 2. The Hall–Kier alpha value is -1.56. The van der Waals surface area contributed by atoms with Crippen LogP contribution in [0.25, 0.3) is 0 Å². The third kappa shape index (κ3) is 3.23. The second-order valence-corrected chi connectivity index (χ2v) is 4.27. The molecule has 0 saturated heterocycles. The quantitative estimate of drug-likeness (QED) is 0.763. The van der Waals surface area contributed by atoms with E-state index in [1.54, 1.807) is 6.92 Å². The summed E-state index contributed by atoms with van der Waals surface area (Å²) in [5.74, 6) is -1.94. The van der Waals surface area contributed by atoms with Crippen molar-refractivity contribution in [3.05, 3.63) is 23.9 Å². The molecule has 0 bridgehead atoms. The summed E-state index contributed by atoms with van der Waals surface area (Å²) < 4.78 is 0. The summed E-state index contributed by atoms with van der Waals surface area (Å²) in [6.45, 7) is 1.78. The number of thioether (sulfide) groups is 1. The minimum absolute atomic E-state index is 0.0905. The highest BCUT2D eigenvalue weighted by molar-refractivity contribution is 8.00. The molecule has 1 heterocycles. The van der Waals surface area contributed by atoms with Crippen LogP contribution in [0.5, 0.6) is 0 Å². The maximum absolute atomic E-state index is 10.8. The van der Waals surface area contributed by atoms with Gasteiger partial charge >= 0.3 is 11.9 Å². The van der Waals surface area contributed by atoms with Gasteiger partial charge in [-0.15, -0.1) is 0 Å². The highest BCUT2D eigenvalue weighted by atomic mass is 32.2. The second kappa shape index (κ2) is 5.50. The van der Waals surface area contributed by atoms with Crippen molar-refractivity contribution in [2.24, 2.45) is 0 Å². The molecule has 0 saturated carbocycles. The van der Waals surface area contributed by atoms with Crippen molar-refractivity contribution < 1.29 is 19.8 Å². The van der Waals surface area contributed by atoms with E-state index < -0.39 is 17.2 Å². The third-order valence-electron chi connectivity index (χ3n) is 1.89. The van der Waals surface area contributed by atoms with Crippen LogP contribution in [0.2, 0.25) is 0 Å². The van der Waals surface area contributed by atoms with E-state index in [-0.39, 0.29) is 5.56 Å². The summed E-state index contributed by atoms with van der Waals surface area (Å²) in [7, 11) is 0. The van der Waals surface area contributed by atoms with Gasteiger partial charge in [-0.25, -0.2) is 9.78 Å². The number of hydrogen-bond donors (Lipinski definition) is 2. The first-order valence-corrected chi connectivity index (χ1v) is 5.51. The Morgan fingerprint density at radius 1 is 1.44 bits per heavy atom. The Balaban J connectivity index is 2.75. The largest absolute Gasteiger partial charge is 0.480 e. The standard InChI is InChI=1S/C10H11NO4S/c1-2-7(10(14)15)16-8-4-3-6(5-11-8)9(12)13/h3-5,7H,2H2,1H3,(H,12,13)(H,14,15). The Bertz CT molecular complexity index is 390. The van der Waals surface area contributed by atoms with Gasteiger partial charge in [0, 0.05) is 6.20 Å². The summed E-state index contributed by atoms with van der Waals surface area (Å²) in [6, 6.07) is 2.92. The number of nitrogens with zero attached hydrogens (tertiary/aromatic N) is 1. The predicted octanol–water partition coefficient (Wildman–Crippen LogP) is 1.74. The van der Waals surface area contributed by atoms with Gasteiger partial charge in [0.05, 0.1) is 10.6 Å². The predicted molar refractivity (Wildman–Crippen MR) is 58.8 cm³/mol. The van der Waals surface area contributed by atoms with E-state index >= 15 is 0 Å². The van der Waals surface area contributed by atoms with Crippen molar-refractivity contribution in [2.45, 2.75) is 23.6 Å². The smallest absolute Gasteiger partial charge is 0.337 e. The molecule has 0 aliphatic carbocycles. The van der Waals surface area contributed by atoms with Crippen LogP contribution >= 0.6 is 11.8 Å². The number of aliphatic carboxylic acids is 1. The van der Waals surface area contributed by atoms with E-state index in [4.69, 9.17) is 10.2 Å². The molecule has 0 aromatic carbocycles. The fourth-order valence-electron chi connectivity index (χ4n) is 1.03. The molecule has 6 heteroatoms. The number of carbonyl (C=O) groups is 2. The van der Waals surface area contributed by atoms with Gasteiger partial charge in [-0.05, 0) is 18.6 Å². The number of carboxylic acids is 2. The van der Waals surface area contributed by atoms with E-state index in [1.807, 2.05) is 0 Å². The first-order valence-electron chi connectivity index (χ1n) is 4.63. The van der Waals surface area contributed by atoms with Gasteiger partial charge in [0.1, 0.15) is 5.25 Å². The normalized spacial score (nSPS) is 12.1. The summed E-state index contributed by atoms with van der Waals surface area (Å²) in [6.07, 6.45) is 1.71. The van der Waals surface area contributed by atoms with Crippen LogP contribution in [-0.4, -0.2) is 32.4 Å². The lowest BCUT2D eigenvalue weighted by molar-refractivity contribution is -0.136. The zero-order valence-corrected chi connectivity index (χ0v) is 9.40. The van der Waals surface area contributed by atoms with Crippen LogP contribution in [0.4, 0.5) is 0 Å².